The average molecular weight is 632 g/mol. The number of carbonyl (C=O) groups is 2. The Labute approximate surface area is 269 Å². The summed E-state index contributed by atoms with van der Waals surface area (Å²) in [5.74, 6) is -1.85. The summed E-state index contributed by atoms with van der Waals surface area (Å²) in [6.07, 6.45) is 8.24. The predicted molar refractivity (Wildman–Crippen MR) is 177 cm³/mol. The first-order chi connectivity index (χ1) is 22.8. The zero-order chi connectivity index (χ0) is 33.1. The minimum absolute atomic E-state index is 0.285. The number of aromatic nitrogens is 7. The molecular formula is C32H33N13O2. The normalized spacial score (nSPS) is 11.6. The van der Waals surface area contributed by atoms with Crippen molar-refractivity contribution in [3.63, 3.8) is 0 Å². The van der Waals surface area contributed by atoms with Gasteiger partial charge >= 0.3 is 0 Å². The molecule has 0 fully saturated rings. The highest BCUT2D eigenvalue weighted by atomic mass is 16.2. The summed E-state index contributed by atoms with van der Waals surface area (Å²) in [6, 6.07) is 15.3. The zero-order valence-corrected chi connectivity index (χ0v) is 26.0. The maximum absolute atomic E-state index is 13.2. The number of imidazole rings is 1. The average Bonchev–Trinajstić information content (AvgIpc) is 3.80. The quantitative estimate of drug-likeness (QED) is 0.0998. The second kappa shape index (κ2) is 12.9. The molecule has 0 aliphatic carbocycles. The molecular weight excluding hydrogens is 598 g/mol. The number of hydrazine groups is 1. The number of benzene rings is 2. The summed E-state index contributed by atoms with van der Waals surface area (Å²) in [5.41, 5.74) is 17.0. The molecule has 0 aliphatic heterocycles. The van der Waals surface area contributed by atoms with E-state index in [1.807, 2.05) is 74.0 Å². The van der Waals surface area contributed by atoms with Gasteiger partial charge in [-0.05, 0) is 55.3 Å². The lowest BCUT2D eigenvalue weighted by Gasteiger charge is -2.13. The van der Waals surface area contributed by atoms with E-state index in [1.54, 1.807) is 21.9 Å². The van der Waals surface area contributed by atoms with Crippen LogP contribution in [-0.2, 0) is 19.9 Å². The van der Waals surface area contributed by atoms with E-state index in [9.17, 15) is 9.59 Å². The Morgan fingerprint density at radius 3 is 2.55 bits per heavy atom. The van der Waals surface area contributed by atoms with E-state index < -0.39 is 17.8 Å². The number of aliphatic imine (C=N–C) groups is 1. The van der Waals surface area contributed by atoms with Crippen molar-refractivity contribution < 1.29 is 9.59 Å². The van der Waals surface area contributed by atoms with Gasteiger partial charge in [0.1, 0.15) is 0 Å². The van der Waals surface area contributed by atoms with Crippen LogP contribution in [0.2, 0.25) is 0 Å². The van der Waals surface area contributed by atoms with Crippen molar-refractivity contribution in [3.8, 4) is 11.4 Å². The first-order valence-electron chi connectivity index (χ1n) is 15.0. The molecule has 15 heteroatoms. The summed E-state index contributed by atoms with van der Waals surface area (Å²) in [5, 5.41) is 20.5. The SMILES string of the molecule is CCCc1c(C(=O)NC(=N)NNC(N)=NC(=O)c2cnn(-c3ccc4ncn(C)c4c3)c2CC)cnn1-c1cccc2ncccc12. The number of nitrogens with zero attached hydrogens (tertiary/aromatic N) is 8. The Hall–Kier alpha value is -6.38. The largest absolute Gasteiger partial charge is 0.368 e. The van der Waals surface area contributed by atoms with E-state index in [1.165, 1.54) is 12.4 Å². The number of pyridine rings is 1. The second-order valence-electron chi connectivity index (χ2n) is 10.7. The van der Waals surface area contributed by atoms with Gasteiger partial charge in [-0.15, -0.1) is 0 Å². The summed E-state index contributed by atoms with van der Waals surface area (Å²) in [6.45, 7) is 3.93. The lowest BCUT2D eigenvalue weighted by atomic mass is 10.1. The smallest absolute Gasteiger partial charge is 0.283 e. The number of guanidine groups is 2. The fourth-order valence-corrected chi connectivity index (χ4v) is 5.42. The molecule has 0 bridgehead atoms. The molecule has 2 amide bonds. The predicted octanol–water partition coefficient (Wildman–Crippen LogP) is 2.92. The first-order valence-corrected chi connectivity index (χ1v) is 15.0. The topological polar surface area (TPSA) is 199 Å². The van der Waals surface area contributed by atoms with Crippen LogP contribution in [0.4, 0.5) is 0 Å². The monoisotopic (exact) mass is 631 g/mol. The third-order valence-electron chi connectivity index (χ3n) is 7.62. The van der Waals surface area contributed by atoms with Crippen LogP contribution in [0, 0.1) is 5.41 Å². The highest BCUT2D eigenvalue weighted by molar-refractivity contribution is 6.06. The summed E-state index contributed by atoms with van der Waals surface area (Å²) in [4.78, 5) is 39.0. The molecule has 0 saturated heterocycles. The fourth-order valence-electron chi connectivity index (χ4n) is 5.42. The highest BCUT2D eigenvalue weighted by Gasteiger charge is 2.21. The second-order valence-corrected chi connectivity index (χ2v) is 10.7. The van der Waals surface area contributed by atoms with Gasteiger partial charge in [0.05, 0.1) is 69.2 Å². The van der Waals surface area contributed by atoms with Crippen LogP contribution in [-0.4, -0.2) is 57.8 Å². The van der Waals surface area contributed by atoms with Crippen molar-refractivity contribution >= 4 is 45.7 Å². The number of carbonyl (C=O) groups excluding carboxylic acids is 2. The molecule has 4 aromatic heterocycles. The standard InChI is InChI=1S/C32H33N13O2/c1-4-8-26-22(17-38-45(26)27-11-6-10-23-20(27)9-7-14-35-23)30(47)40-32(34)42-41-31(33)39-29(46)21-16-37-44(25(21)5-2)19-12-13-24-28(15-19)43(3)18-36-24/h6-7,9-18H,4-5,8H2,1-3H3,(H3,33,39,41,46)(H3,34,40,42,47). The molecule has 4 heterocycles. The number of nitrogens with two attached hydrogens (primary N) is 1. The first kappa shape index (κ1) is 30.6. The van der Waals surface area contributed by atoms with Crippen LogP contribution in [0.15, 0.2) is 78.4 Å². The lowest BCUT2D eigenvalue weighted by Crippen LogP contribution is -2.51. The molecule has 0 spiro atoms. The van der Waals surface area contributed by atoms with Gasteiger partial charge in [-0.3, -0.25) is 36.2 Å². The van der Waals surface area contributed by atoms with Crippen molar-refractivity contribution in [2.45, 2.75) is 33.1 Å². The van der Waals surface area contributed by atoms with Gasteiger partial charge in [0, 0.05) is 18.6 Å². The fraction of sp³-hybridized carbons (Fsp3) is 0.188. The van der Waals surface area contributed by atoms with Gasteiger partial charge in [-0.1, -0.05) is 26.3 Å². The number of hydrogen-bond donors (Lipinski definition) is 5. The number of aryl methyl sites for hydroxylation is 1. The third kappa shape index (κ3) is 6.01. The molecule has 0 aliphatic rings. The van der Waals surface area contributed by atoms with E-state index in [-0.39, 0.29) is 11.5 Å². The van der Waals surface area contributed by atoms with Gasteiger partial charge in [-0.25, -0.2) is 14.3 Å². The molecule has 0 saturated carbocycles. The van der Waals surface area contributed by atoms with E-state index in [2.05, 4.69) is 41.3 Å². The Morgan fingerprint density at radius 1 is 0.936 bits per heavy atom. The number of rotatable bonds is 7. The molecule has 0 atom stereocenters. The maximum Gasteiger partial charge on any atom is 0.283 e. The van der Waals surface area contributed by atoms with Gasteiger partial charge in [0.2, 0.25) is 11.9 Å². The summed E-state index contributed by atoms with van der Waals surface area (Å²) in [7, 11) is 1.91. The lowest BCUT2D eigenvalue weighted by molar-refractivity contribution is 0.0971. The van der Waals surface area contributed by atoms with Crippen molar-refractivity contribution in [3.05, 3.63) is 96.0 Å². The van der Waals surface area contributed by atoms with Crippen LogP contribution in [0.1, 0.15) is 52.4 Å². The highest BCUT2D eigenvalue weighted by Crippen LogP contribution is 2.24. The molecule has 0 radical (unpaired) electrons. The summed E-state index contributed by atoms with van der Waals surface area (Å²) < 4.78 is 5.33. The van der Waals surface area contributed by atoms with Crippen molar-refractivity contribution in [2.75, 3.05) is 0 Å². The van der Waals surface area contributed by atoms with Gasteiger partial charge in [0.15, 0.2) is 0 Å². The molecule has 2 aromatic carbocycles. The molecule has 6 aromatic rings. The minimum Gasteiger partial charge on any atom is -0.368 e. The van der Waals surface area contributed by atoms with Gasteiger partial charge in [0.25, 0.3) is 11.8 Å². The molecule has 15 nitrogen and oxygen atoms in total. The Morgan fingerprint density at radius 2 is 1.74 bits per heavy atom. The van der Waals surface area contributed by atoms with Crippen LogP contribution in [0.25, 0.3) is 33.3 Å². The number of fused-ring (bicyclic) bond motifs is 2. The van der Waals surface area contributed by atoms with E-state index >= 15 is 0 Å². The summed E-state index contributed by atoms with van der Waals surface area (Å²) >= 11 is 0. The van der Waals surface area contributed by atoms with Crippen molar-refractivity contribution in [1.82, 2.24) is 50.3 Å². The number of amides is 2. The number of hydrogen-bond acceptors (Lipinski definition) is 7. The van der Waals surface area contributed by atoms with E-state index in [0.29, 0.717) is 29.8 Å². The van der Waals surface area contributed by atoms with Gasteiger partial charge < -0.3 is 10.3 Å². The minimum atomic E-state index is -0.614. The van der Waals surface area contributed by atoms with E-state index in [4.69, 9.17) is 11.1 Å². The Bertz CT molecular complexity index is 2170. The Balaban J connectivity index is 1.12. The molecule has 6 rings (SSSR count). The van der Waals surface area contributed by atoms with Crippen LogP contribution in [0.5, 0.6) is 0 Å². The number of nitrogens with one attached hydrogen (secondary N) is 4. The molecule has 0 unspecified atom stereocenters. The van der Waals surface area contributed by atoms with Gasteiger partial charge in [-0.2, -0.15) is 15.2 Å². The van der Waals surface area contributed by atoms with E-state index in [0.717, 1.165) is 39.7 Å². The third-order valence-corrected chi connectivity index (χ3v) is 7.62. The molecule has 238 valence electrons. The zero-order valence-electron chi connectivity index (χ0n) is 26.0. The van der Waals surface area contributed by atoms with Crippen molar-refractivity contribution in [2.24, 2.45) is 17.8 Å². The molecule has 6 N–H and O–H groups in total. The molecule has 47 heavy (non-hydrogen) atoms. The Kier molecular flexibility index (Phi) is 8.42. The van der Waals surface area contributed by atoms with Crippen LogP contribution in [0.3, 0.4) is 0 Å². The van der Waals surface area contributed by atoms with Crippen LogP contribution < -0.4 is 21.9 Å². The van der Waals surface area contributed by atoms with Crippen LogP contribution >= 0.6 is 0 Å². The maximum atomic E-state index is 13.2. The van der Waals surface area contributed by atoms with Crippen molar-refractivity contribution in [1.29, 1.82) is 5.41 Å².